The number of piperazine rings is 1. The lowest BCUT2D eigenvalue weighted by Crippen LogP contribution is -2.44. The number of esters is 2. The molecule has 1 saturated heterocycles. The monoisotopic (exact) mass is 513 g/mol. The van der Waals surface area contributed by atoms with Gasteiger partial charge in [-0.1, -0.05) is 43.0 Å². The summed E-state index contributed by atoms with van der Waals surface area (Å²) in [4.78, 5) is 31.8. The fourth-order valence-electron chi connectivity index (χ4n) is 4.96. The van der Waals surface area contributed by atoms with Crippen LogP contribution in [0.25, 0.3) is 0 Å². The third-order valence-electron chi connectivity index (χ3n) is 7.08. The van der Waals surface area contributed by atoms with Gasteiger partial charge in [-0.15, -0.1) is 0 Å². The van der Waals surface area contributed by atoms with Crippen LogP contribution in [0.5, 0.6) is 11.5 Å². The van der Waals surface area contributed by atoms with Gasteiger partial charge in [0.25, 0.3) is 0 Å². The SMILES string of the molecule is CC(c1ccc(N2CCN(C)CC2)cc1)c1c2cc3c(c1OC(=O)/C=C\C(=O)O2)Nc1ccccc1S3. The lowest BCUT2D eigenvalue weighted by molar-refractivity contribution is -0.131. The van der Waals surface area contributed by atoms with E-state index in [0.717, 1.165) is 59.4 Å². The number of anilines is 3. The Morgan fingerprint density at radius 2 is 1.59 bits per heavy atom. The van der Waals surface area contributed by atoms with Crippen molar-refractivity contribution < 1.29 is 19.1 Å². The highest BCUT2D eigenvalue weighted by atomic mass is 32.2. The number of fused-ring (bicyclic) bond motifs is 5. The van der Waals surface area contributed by atoms with Crippen molar-refractivity contribution in [3.8, 4) is 11.5 Å². The van der Waals surface area contributed by atoms with Crippen LogP contribution in [0.1, 0.15) is 24.0 Å². The van der Waals surface area contributed by atoms with Gasteiger partial charge in [0.2, 0.25) is 0 Å². The maximum absolute atomic E-state index is 12.7. The zero-order valence-electron chi connectivity index (χ0n) is 20.7. The Labute approximate surface area is 220 Å². The molecule has 0 amide bonds. The van der Waals surface area contributed by atoms with Gasteiger partial charge in [-0.25, -0.2) is 9.59 Å². The maximum Gasteiger partial charge on any atom is 0.336 e. The highest BCUT2D eigenvalue weighted by Crippen LogP contribution is 2.54. The van der Waals surface area contributed by atoms with E-state index >= 15 is 0 Å². The summed E-state index contributed by atoms with van der Waals surface area (Å²) in [6.07, 6.45) is 2.21. The normalized spacial score (nSPS) is 18.7. The van der Waals surface area contributed by atoms with Gasteiger partial charge < -0.3 is 24.6 Å². The van der Waals surface area contributed by atoms with Crippen LogP contribution in [-0.2, 0) is 9.59 Å². The third kappa shape index (κ3) is 4.58. The number of rotatable bonds is 3. The first-order chi connectivity index (χ1) is 18.0. The Morgan fingerprint density at radius 3 is 2.35 bits per heavy atom. The molecule has 3 aromatic carbocycles. The average Bonchev–Trinajstić information content (AvgIpc) is 2.95. The molecular weight excluding hydrogens is 486 g/mol. The summed E-state index contributed by atoms with van der Waals surface area (Å²) >= 11 is 1.55. The van der Waals surface area contributed by atoms with Gasteiger partial charge in [0.1, 0.15) is 5.75 Å². The smallest absolute Gasteiger partial charge is 0.336 e. The number of nitrogens with zero attached hydrogens (tertiary/aromatic N) is 2. The van der Waals surface area contributed by atoms with Crippen molar-refractivity contribution in [3.05, 3.63) is 77.9 Å². The highest BCUT2D eigenvalue weighted by molar-refractivity contribution is 7.99. The Kier molecular flexibility index (Phi) is 6.14. The lowest BCUT2D eigenvalue weighted by atomic mass is 9.90. The van der Waals surface area contributed by atoms with E-state index in [-0.39, 0.29) is 5.92 Å². The summed E-state index contributed by atoms with van der Waals surface area (Å²) in [7, 11) is 2.15. The number of benzene rings is 3. The van der Waals surface area contributed by atoms with Crippen LogP contribution < -0.4 is 19.7 Å². The fraction of sp³-hybridized carbons (Fsp3) is 0.241. The first-order valence-electron chi connectivity index (χ1n) is 12.4. The van der Waals surface area contributed by atoms with E-state index in [9.17, 15) is 9.59 Å². The van der Waals surface area contributed by atoms with Crippen LogP contribution in [0, 0.1) is 0 Å². The largest absolute Gasteiger partial charge is 0.423 e. The number of para-hydroxylation sites is 1. The zero-order valence-corrected chi connectivity index (χ0v) is 21.5. The Morgan fingerprint density at radius 1 is 0.892 bits per heavy atom. The molecule has 0 saturated carbocycles. The minimum absolute atomic E-state index is 0.209. The average molecular weight is 514 g/mol. The summed E-state index contributed by atoms with van der Waals surface area (Å²) in [5.41, 5.74) is 4.50. The molecule has 0 radical (unpaired) electrons. The third-order valence-corrected chi connectivity index (χ3v) is 8.19. The standard InChI is InChI=1S/C29H27N3O4S/c1-18(19-7-9-20(10-8-19)32-15-13-31(2)14-16-32)27-22-17-24-28(30-21-5-3-4-6-23(21)37-24)29(27)36-26(34)12-11-25(33)35-22/h3-12,17-18,30H,13-16H2,1-2H3/b12-11-. The van der Waals surface area contributed by atoms with E-state index in [1.165, 1.54) is 5.69 Å². The van der Waals surface area contributed by atoms with Crippen molar-refractivity contribution in [2.45, 2.75) is 22.6 Å². The van der Waals surface area contributed by atoms with Crippen LogP contribution in [0.4, 0.5) is 17.1 Å². The Balaban J connectivity index is 1.42. The van der Waals surface area contributed by atoms with Crippen LogP contribution in [0.15, 0.2) is 76.5 Å². The minimum Gasteiger partial charge on any atom is -0.423 e. The summed E-state index contributed by atoms with van der Waals surface area (Å²) in [6.45, 7) is 6.11. The number of hydrogen-bond donors (Lipinski definition) is 1. The molecule has 0 aliphatic carbocycles. The van der Waals surface area contributed by atoms with Gasteiger partial charge >= 0.3 is 11.9 Å². The van der Waals surface area contributed by atoms with Crippen molar-refractivity contribution in [2.75, 3.05) is 43.4 Å². The second-order valence-electron chi connectivity index (χ2n) is 9.49. The van der Waals surface area contributed by atoms with Crippen molar-refractivity contribution in [3.63, 3.8) is 0 Å². The van der Waals surface area contributed by atoms with Gasteiger partial charge in [-0.2, -0.15) is 0 Å². The molecule has 37 heavy (non-hydrogen) atoms. The van der Waals surface area contributed by atoms with Crippen molar-refractivity contribution in [2.24, 2.45) is 0 Å². The van der Waals surface area contributed by atoms with Crippen LogP contribution in [-0.4, -0.2) is 50.1 Å². The molecule has 6 rings (SSSR count). The molecule has 1 atom stereocenters. The highest BCUT2D eigenvalue weighted by Gasteiger charge is 2.31. The number of likely N-dealkylation sites (N-methyl/N-ethyl adjacent to an activating group) is 1. The van der Waals surface area contributed by atoms with Crippen molar-refractivity contribution in [1.82, 2.24) is 4.90 Å². The Bertz CT molecular complexity index is 1410. The molecule has 1 fully saturated rings. The number of nitrogens with one attached hydrogen (secondary N) is 1. The Hall–Kier alpha value is -3.75. The fourth-order valence-corrected chi connectivity index (χ4v) is 5.98. The lowest BCUT2D eigenvalue weighted by Gasteiger charge is -2.34. The molecule has 3 aliphatic rings. The van der Waals surface area contributed by atoms with Crippen molar-refractivity contribution in [1.29, 1.82) is 0 Å². The van der Waals surface area contributed by atoms with E-state index in [4.69, 9.17) is 9.47 Å². The number of carbonyl (C=O) groups excluding carboxylic acids is 2. The molecule has 3 heterocycles. The summed E-state index contributed by atoms with van der Waals surface area (Å²) in [5.74, 6) is -0.670. The molecule has 0 aromatic heterocycles. The molecule has 1 N–H and O–H groups in total. The van der Waals surface area contributed by atoms with E-state index in [2.05, 4.69) is 46.4 Å². The molecule has 0 spiro atoms. The van der Waals surface area contributed by atoms with Gasteiger partial charge in [0.05, 0.1) is 11.4 Å². The van der Waals surface area contributed by atoms with Gasteiger partial charge in [-0.3, -0.25) is 0 Å². The molecule has 3 aliphatic heterocycles. The second kappa shape index (κ2) is 9.61. The molecule has 1 unspecified atom stereocenters. The predicted molar refractivity (Wildman–Crippen MR) is 144 cm³/mol. The number of ether oxygens (including phenoxy) is 2. The van der Waals surface area contributed by atoms with Crippen LogP contribution >= 0.6 is 11.8 Å². The minimum atomic E-state index is -0.622. The second-order valence-corrected chi connectivity index (χ2v) is 10.6. The first-order valence-corrected chi connectivity index (χ1v) is 13.2. The molecule has 188 valence electrons. The van der Waals surface area contributed by atoms with Crippen LogP contribution in [0.2, 0.25) is 0 Å². The van der Waals surface area contributed by atoms with Gasteiger partial charge in [0.15, 0.2) is 5.75 Å². The maximum atomic E-state index is 12.7. The van der Waals surface area contributed by atoms with Crippen LogP contribution in [0.3, 0.4) is 0 Å². The molecular formula is C29H27N3O4S. The summed E-state index contributed by atoms with van der Waals surface area (Å²) < 4.78 is 11.7. The zero-order chi connectivity index (χ0) is 25.5. The summed E-state index contributed by atoms with van der Waals surface area (Å²) in [5, 5.41) is 3.45. The molecule has 8 heteroatoms. The van der Waals surface area contributed by atoms with E-state index < -0.39 is 11.9 Å². The number of hydrogen-bond acceptors (Lipinski definition) is 8. The first kappa shape index (κ1) is 23.6. The van der Waals surface area contributed by atoms with Gasteiger partial charge in [0, 0.05) is 65.3 Å². The molecule has 2 bridgehead atoms. The molecule has 3 aromatic rings. The number of carbonyl (C=O) groups is 2. The quantitative estimate of drug-likeness (QED) is 0.297. The van der Waals surface area contributed by atoms with E-state index in [1.54, 1.807) is 11.8 Å². The van der Waals surface area contributed by atoms with E-state index in [1.807, 2.05) is 37.3 Å². The summed E-state index contributed by atoms with van der Waals surface area (Å²) in [6, 6.07) is 18.3. The van der Waals surface area contributed by atoms with Gasteiger partial charge in [-0.05, 0) is 42.9 Å². The van der Waals surface area contributed by atoms with Crippen molar-refractivity contribution >= 4 is 40.8 Å². The predicted octanol–water partition coefficient (Wildman–Crippen LogP) is 5.18. The van der Waals surface area contributed by atoms with E-state index in [0.29, 0.717) is 22.7 Å². The molecule has 7 nitrogen and oxygen atoms in total. The topological polar surface area (TPSA) is 71.1 Å².